The maximum absolute atomic E-state index is 11.5. The van der Waals surface area contributed by atoms with Gasteiger partial charge in [-0.2, -0.15) is 5.01 Å². The molecule has 4 atom stereocenters. The largest absolute Gasteiger partial charge is 0.394 e. The Labute approximate surface area is 107 Å². The molecule has 0 bridgehead atoms. The van der Waals surface area contributed by atoms with Crippen molar-refractivity contribution in [2.45, 2.75) is 24.5 Å². The molecule has 104 valence electrons. The average Bonchev–Trinajstić information content (AvgIpc) is 2.63. The van der Waals surface area contributed by atoms with Crippen molar-refractivity contribution >= 4 is 17.6 Å². The van der Waals surface area contributed by atoms with Crippen molar-refractivity contribution in [3.63, 3.8) is 0 Å². The maximum Gasteiger partial charge on any atom is 0.342 e. The number of rotatable bonds is 5. The van der Waals surface area contributed by atoms with Gasteiger partial charge in [0.2, 0.25) is 0 Å². The Morgan fingerprint density at radius 1 is 1.44 bits per heavy atom. The van der Waals surface area contributed by atoms with Gasteiger partial charge in [0.25, 0.3) is 0 Å². The molecule has 0 aromatic rings. The van der Waals surface area contributed by atoms with Crippen LogP contribution in [0.4, 0.5) is 4.79 Å². The standard InChI is InChI=1S/C8H14ClN3O6/c9-1-2-12(11-17)8(16)10-7-6(15)5(14)4(3-13)18-7/h4-7,13-15H,1-3H2,(H,10,16)/t4-,5-,6-,7?/m1/s1. The summed E-state index contributed by atoms with van der Waals surface area (Å²) in [6, 6.07) is -0.916. The number of aliphatic hydroxyl groups excluding tert-OH is 3. The molecule has 4 N–H and O–H groups in total. The van der Waals surface area contributed by atoms with Crippen LogP contribution in [0, 0.1) is 4.91 Å². The molecule has 0 radical (unpaired) electrons. The number of nitrogens with one attached hydrogen (secondary N) is 1. The lowest BCUT2D eigenvalue weighted by Gasteiger charge is -2.19. The van der Waals surface area contributed by atoms with E-state index < -0.39 is 37.2 Å². The summed E-state index contributed by atoms with van der Waals surface area (Å²) in [5.41, 5.74) is 0. The van der Waals surface area contributed by atoms with Crippen LogP contribution >= 0.6 is 11.6 Å². The minimum atomic E-state index is -1.41. The molecule has 0 aliphatic carbocycles. The third-order valence-electron chi connectivity index (χ3n) is 2.44. The Hall–Kier alpha value is -1.00. The van der Waals surface area contributed by atoms with E-state index in [1.165, 1.54) is 0 Å². The zero-order valence-corrected chi connectivity index (χ0v) is 10.0. The summed E-state index contributed by atoms with van der Waals surface area (Å²) in [7, 11) is 0. The van der Waals surface area contributed by atoms with Crippen molar-refractivity contribution in [3.05, 3.63) is 4.91 Å². The number of nitroso groups, excluding NO2 is 1. The first kappa shape index (κ1) is 15.1. The third-order valence-corrected chi connectivity index (χ3v) is 2.61. The molecular weight excluding hydrogens is 270 g/mol. The van der Waals surface area contributed by atoms with Crippen LogP contribution < -0.4 is 5.32 Å². The molecular formula is C8H14ClN3O6. The predicted molar refractivity (Wildman–Crippen MR) is 59.5 cm³/mol. The monoisotopic (exact) mass is 283 g/mol. The number of ether oxygens (including phenoxy) is 1. The number of halogens is 1. The van der Waals surface area contributed by atoms with Crippen molar-refractivity contribution < 1.29 is 24.9 Å². The van der Waals surface area contributed by atoms with Gasteiger partial charge in [-0.15, -0.1) is 16.5 Å². The zero-order valence-electron chi connectivity index (χ0n) is 9.27. The first-order valence-corrected chi connectivity index (χ1v) is 5.68. The lowest BCUT2D eigenvalue weighted by atomic mass is 10.1. The lowest BCUT2D eigenvalue weighted by molar-refractivity contribution is -0.0298. The topological polar surface area (TPSA) is 132 Å². The summed E-state index contributed by atoms with van der Waals surface area (Å²) in [5, 5.41) is 32.9. The molecule has 0 spiro atoms. The molecule has 9 nitrogen and oxygen atoms in total. The predicted octanol–water partition coefficient (Wildman–Crippen LogP) is -1.64. The average molecular weight is 284 g/mol. The van der Waals surface area contributed by atoms with Crippen LogP contribution in [0.15, 0.2) is 5.29 Å². The quantitative estimate of drug-likeness (QED) is 0.272. The van der Waals surface area contributed by atoms with Gasteiger partial charge >= 0.3 is 6.03 Å². The Bertz CT molecular complexity index is 307. The second-order valence-corrected chi connectivity index (χ2v) is 3.98. The number of alkyl halides is 1. The summed E-state index contributed by atoms with van der Waals surface area (Å²) < 4.78 is 4.99. The van der Waals surface area contributed by atoms with E-state index in [-0.39, 0.29) is 12.4 Å². The van der Waals surface area contributed by atoms with Crippen LogP contribution in [-0.4, -0.2) is 69.9 Å². The molecule has 1 saturated heterocycles. The highest BCUT2D eigenvalue weighted by molar-refractivity contribution is 6.18. The van der Waals surface area contributed by atoms with Crippen LogP contribution in [0.1, 0.15) is 0 Å². The second kappa shape index (κ2) is 6.81. The maximum atomic E-state index is 11.5. The van der Waals surface area contributed by atoms with Gasteiger partial charge in [-0.1, -0.05) is 0 Å². The molecule has 10 heteroatoms. The number of aliphatic hydroxyl groups is 3. The molecule has 0 aromatic heterocycles. The molecule has 0 aromatic carbocycles. The summed E-state index contributed by atoms with van der Waals surface area (Å²) in [5.74, 6) is 0.00905. The Morgan fingerprint density at radius 2 is 2.11 bits per heavy atom. The number of amides is 2. The van der Waals surface area contributed by atoms with Gasteiger partial charge in [-0.05, 0) is 0 Å². The van der Waals surface area contributed by atoms with E-state index in [4.69, 9.17) is 21.4 Å². The molecule has 1 rings (SSSR count). The van der Waals surface area contributed by atoms with Crippen LogP contribution in [-0.2, 0) is 4.74 Å². The van der Waals surface area contributed by atoms with E-state index >= 15 is 0 Å². The fraction of sp³-hybridized carbons (Fsp3) is 0.875. The fourth-order valence-corrected chi connectivity index (χ4v) is 1.63. The van der Waals surface area contributed by atoms with Gasteiger partial charge in [0.15, 0.2) is 6.23 Å². The van der Waals surface area contributed by atoms with Crippen molar-refractivity contribution in [2.75, 3.05) is 19.0 Å². The fourth-order valence-electron chi connectivity index (χ4n) is 1.47. The molecule has 0 saturated carbocycles. The third kappa shape index (κ3) is 3.27. The van der Waals surface area contributed by atoms with Gasteiger partial charge < -0.3 is 25.4 Å². The van der Waals surface area contributed by atoms with Gasteiger partial charge in [0, 0.05) is 5.88 Å². The summed E-state index contributed by atoms with van der Waals surface area (Å²) in [4.78, 5) is 21.8. The number of carbonyl (C=O) groups is 1. The minimum absolute atomic E-state index is 0.00905. The number of nitrogens with zero attached hydrogens (tertiary/aromatic N) is 2. The van der Waals surface area contributed by atoms with E-state index in [2.05, 4.69) is 10.6 Å². The highest BCUT2D eigenvalue weighted by Gasteiger charge is 2.43. The van der Waals surface area contributed by atoms with Crippen molar-refractivity contribution in [2.24, 2.45) is 5.29 Å². The van der Waals surface area contributed by atoms with E-state index in [1.807, 2.05) is 0 Å². The van der Waals surface area contributed by atoms with Crippen LogP contribution in [0.5, 0.6) is 0 Å². The number of carbonyl (C=O) groups excluding carboxylic acids is 1. The van der Waals surface area contributed by atoms with E-state index in [0.29, 0.717) is 5.01 Å². The second-order valence-electron chi connectivity index (χ2n) is 3.60. The van der Waals surface area contributed by atoms with Gasteiger partial charge in [0.05, 0.1) is 18.4 Å². The van der Waals surface area contributed by atoms with Crippen molar-refractivity contribution in [1.82, 2.24) is 10.3 Å². The van der Waals surface area contributed by atoms with Crippen LogP contribution in [0.3, 0.4) is 0 Å². The first-order chi connectivity index (χ1) is 8.54. The van der Waals surface area contributed by atoms with Gasteiger partial charge in [0.1, 0.15) is 18.3 Å². The van der Waals surface area contributed by atoms with Crippen LogP contribution in [0.2, 0.25) is 0 Å². The number of urea groups is 1. The van der Waals surface area contributed by atoms with Crippen molar-refractivity contribution in [1.29, 1.82) is 0 Å². The highest BCUT2D eigenvalue weighted by atomic mass is 35.5. The zero-order chi connectivity index (χ0) is 13.7. The van der Waals surface area contributed by atoms with E-state index in [0.717, 1.165) is 0 Å². The minimum Gasteiger partial charge on any atom is -0.394 e. The Balaban J connectivity index is 2.57. The first-order valence-electron chi connectivity index (χ1n) is 5.14. The normalized spacial score (nSPS) is 31.1. The highest BCUT2D eigenvalue weighted by Crippen LogP contribution is 2.19. The molecule has 18 heavy (non-hydrogen) atoms. The molecule has 2 amide bonds. The van der Waals surface area contributed by atoms with Crippen molar-refractivity contribution in [3.8, 4) is 0 Å². The summed E-state index contributed by atoms with van der Waals surface area (Å²) in [6.07, 6.45) is -4.97. The molecule has 1 aliphatic heterocycles. The Kier molecular flexibility index (Phi) is 5.69. The van der Waals surface area contributed by atoms with E-state index in [1.54, 1.807) is 0 Å². The summed E-state index contributed by atoms with van der Waals surface area (Å²) in [6.45, 7) is -0.617. The van der Waals surface area contributed by atoms with Crippen LogP contribution in [0.25, 0.3) is 0 Å². The molecule has 1 heterocycles. The molecule has 1 fully saturated rings. The summed E-state index contributed by atoms with van der Waals surface area (Å²) >= 11 is 5.36. The van der Waals surface area contributed by atoms with E-state index in [9.17, 15) is 19.9 Å². The Morgan fingerprint density at radius 3 is 2.56 bits per heavy atom. The van der Waals surface area contributed by atoms with Gasteiger partial charge in [-0.25, -0.2) is 4.79 Å². The molecule has 1 unspecified atom stereocenters. The lowest BCUT2D eigenvalue weighted by Crippen LogP contribution is -2.48. The smallest absolute Gasteiger partial charge is 0.342 e. The molecule has 1 aliphatic rings. The number of hydrogen-bond acceptors (Lipinski definition) is 7. The van der Waals surface area contributed by atoms with Gasteiger partial charge in [-0.3, -0.25) is 0 Å². The number of hydrogen-bond donors (Lipinski definition) is 4. The SMILES string of the molecule is O=NN(CCCl)C(=O)NC1O[C@H](CO)[C@@H](O)[C@H]1O.